The van der Waals surface area contributed by atoms with Gasteiger partial charge in [0.2, 0.25) is 0 Å². The van der Waals surface area contributed by atoms with Gasteiger partial charge in [-0.3, -0.25) is 14.2 Å². The van der Waals surface area contributed by atoms with Gasteiger partial charge in [0.15, 0.2) is 5.78 Å². The van der Waals surface area contributed by atoms with E-state index in [1.165, 1.54) is 17.3 Å². The lowest BCUT2D eigenvalue weighted by molar-refractivity contribution is 0.0216. The normalized spacial score (nSPS) is 14.5. The number of nitrogens with zero attached hydrogens (tertiary/aromatic N) is 2. The van der Waals surface area contributed by atoms with Crippen LogP contribution < -0.4 is 10.3 Å². The van der Waals surface area contributed by atoms with Crippen LogP contribution in [0.4, 0.5) is 0 Å². The Morgan fingerprint density at radius 1 is 1.16 bits per heavy atom. The van der Waals surface area contributed by atoms with Crippen LogP contribution in [0.25, 0.3) is 10.2 Å². The second-order valence-electron chi connectivity index (χ2n) is 7.73. The molecule has 0 bridgehead atoms. The van der Waals surface area contributed by atoms with E-state index in [1.54, 1.807) is 38.3 Å². The molecule has 162 valence electrons. The highest BCUT2D eigenvalue weighted by Crippen LogP contribution is 2.29. The molecule has 7 nitrogen and oxygen atoms in total. The van der Waals surface area contributed by atoms with Gasteiger partial charge in [-0.25, -0.2) is 9.78 Å². The molecule has 1 aliphatic carbocycles. The number of fused-ring (bicyclic) bond motifs is 1. The molecule has 0 unspecified atom stereocenters. The van der Waals surface area contributed by atoms with Crippen LogP contribution in [0.2, 0.25) is 0 Å². The first-order valence-electron chi connectivity index (χ1n) is 10.3. The molecule has 1 saturated carbocycles. The number of esters is 1. The zero-order valence-electron chi connectivity index (χ0n) is 17.6. The van der Waals surface area contributed by atoms with E-state index in [0.717, 1.165) is 37.0 Å². The molecule has 0 radical (unpaired) electrons. The minimum Gasteiger partial charge on any atom is -0.497 e. The van der Waals surface area contributed by atoms with Crippen LogP contribution in [-0.4, -0.2) is 34.5 Å². The van der Waals surface area contributed by atoms with Gasteiger partial charge in [0.25, 0.3) is 5.56 Å². The van der Waals surface area contributed by atoms with Gasteiger partial charge < -0.3 is 9.47 Å². The Balaban J connectivity index is 1.58. The summed E-state index contributed by atoms with van der Waals surface area (Å²) in [6.07, 6.45) is 6.38. The van der Waals surface area contributed by atoms with Crippen molar-refractivity contribution in [1.82, 2.24) is 9.55 Å². The van der Waals surface area contributed by atoms with E-state index >= 15 is 0 Å². The average Bonchev–Trinajstić information content (AvgIpc) is 3.13. The Kier molecular flexibility index (Phi) is 6.18. The van der Waals surface area contributed by atoms with Gasteiger partial charge in [0.1, 0.15) is 21.6 Å². The zero-order chi connectivity index (χ0) is 22.0. The van der Waals surface area contributed by atoms with E-state index in [9.17, 15) is 14.4 Å². The molecule has 1 aromatic carbocycles. The lowest BCUT2D eigenvalue weighted by Gasteiger charge is -2.21. The number of ether oxygens (including phenoxy) is 2. The van der Waals surface area contributed by atoms with Crippen LogP contribution in [0.5, 0.6) is 5.75 Å². The Hall–Kier alpha value is -3.00. The van der Waals surface area contributed by atoms with Gasteiger partial charge in [-0.2, -0.15) is 0 Å². The molecule has 3 aromatic rings. The first kappa shape index (κ1) is 21.2. The van der Waals surface area contributed by atoms with E-state index in [1.807, 2.05) is 0 Å². The number of rotatable bonds is 6. The second kappa shape index (κ2) is 9.01. The van der Waals surface area contributed by atoms with Gasteiger partial charge in [0.05, 0.1) is 25.4 Å². The van der Waals surface area contributed by atoms with Crippen LogP contribution in [0.3, 0.4) is 0 Å². The number of Topliss-reactive ketones (excluding diaryl/α,β-unsaturated/α-hetero) is 1. The summed E-state index contributed by atoms with van der Waals surface area (Å²) in [5, 5.41) is 0.366. The maximum Gasteiger partial charge on any atom is 0.348 e. The Morgan fingerprint density at radius 3 is 2.55 bits per heavy atom. The smallest absolute Gasteiger partial charge is 0.348 e. The molecule has 0 amide bonds. The molecule has 0 spiro atoms. The molecule has 4 rings (SSSR count). The molecule has 1 aliphatic rings. The molecule has 1 fully saturated rings. The van der Waals surface area contributed by atoms with E-state index in [-0.39, 0.29) is 24.0 Å². The number of aromatic nitrogens is 2. The minimum atomic E-state index is -0.396. The Bertz CT molecular complexity index is 1170. The number of carbonyl (C=O) groups excluding carboxylic acids is 2. The molecule has 2 heterocycles. The van der Waals surface area contributed by atoms with Crippen LogP contribution >= 0.6 is 11.3 Å². The SMILES string of the molecule is COc1ccc(C(=O)Cn2cnc3sc(C(=O)OC4CCCCC4)c(C)c3c2=O)cc1. The molecule has 0 atom stereocenters. The third kappa shape index (κ3) is 4.39. The highest BCUT2D eigenvalue weighted by molar-refractivity contribution is 7.20. The molecular weight excluding hydrogens is 416 g/mol. The number of methoxy groups -OCH3 is 1. The summed E-state index contributed by atoms with van der Waals surface area (Å²) in [6.45, 7) is 1.60. The van der Waals surface area contributed by atoms with Crippen molar-refractivity contribution in [3.05, 3.63) is 57.0 Å². The van der Waals surface area contributed by atoms with E-state index in [4.69, 9.17) is 9.47 Å². The minimum absolute atomic E-state index is 0.0578. The van der Waals surface area contributed by atoms with Crippen molar-refractivity contribution in [2.24, 2.45) is 0 Å². The van der Waals surface area contributed by atoms with Crippen LogP contribution in [0.1, 0.15) is 57.7 Å². The number of thiophene rings is 1. The maximum absolute atomic E-state index is 13.0. The van der Waals surface area contributed by atoms with Crippen LogP contribution in [0.15, 0.2) is 35.4 Å². The van der Waals surface area contributed by atoms with Gasteiger partial charge >= 0.3 is 5.97 Å². The maximum atomic E-state index is 13.0. The second-order valence-corrected chi connectivity index (χ2v) is 8.73. The summed E-state index contributed by atoms with van der Waals surface area (Å²) in [5.74, 6) is 0.0433. The third-order valence-electron chi connectivity index (χ3n) is 5.65. The standard InChI is InChI=1S/C23H24N2O5S/c1-14-19-21(31-20(14)23(28)30-17-6-4-3-5-7-17)24-13-25(22(19)27)12-18(26)15-8-10-16(29-2)11-9-15/h8-11,13,17H,3-7,12H2,1-2H3. The molecule has 0 aliphatic heterocycles. The lowest BCUT2D eigenvalue weighted by Crippen LogP contribution is -2.24. The third-order valence-corrected chi connectivity index (χ3v) is 6.83. The van der Waals surface area contributed by atoms with Crippen LogP contribution in [0, 0.1) is 6.92 Å². The largest absolute Gasteiger partial charge is 0.497 e. The van der Waals surface area contributed by atoms with E-state index in [0.29, 0.717) is 32.0 Å². The first-order valence-corrected chi connectivity index (χ1v) is 11.2. The van der Waals surface area contributed by atoms with E-state index in [2.05, 4.69) is 4.98 Å². The van der Waals surface area contributed by atoms with Gasteiger partial charge in [-0.15, -0.1) is 11.3 Å². The summed E-state index contributed by atoms with van der Waals surface area (Å²) in [7, 11) is 1.56. The number of ketones is 1. The summed E-state index contributed by atoms with van der Waals surface area (Å²) in [5.41, 5.74) is 0.702. The van der Waals surface area contributed by atoms with Crippen molar-refractivity contribution in [2.45, 2.75) is 51.7 Å². The zero-order valence-corrected chi connectivity index (χ0v) is 18.4. The fourth-order valence-corrected chi connectivity index (χ4v) is 4.90. The molecule has 0 saturated heterocycles. The van der Waals surface area contributed by atoms with Crippen LogP contribution in [-0.2, 0) is 11.3 Å². The highest BCUT2D eigenvalue weighted by Gasteiger charge is 2.24. The van der Waals surface area contributed by atoms with Crippen molar-refractivity contribution in [1.29, 1.82) is 0 Å². The van der Waals surface area contributed by atoms with Crippen molar-refractivity contribution in [3.63, 3.8) is 0 Å². The first-order chi connectivity index (χ1) is 15.0. The predicted octanol–water partition coefficient (Wildman–Crippen LogP) is 4.15. The molecule has 31 heavy (non-hydrogen) atoms. The Morgan fingerprint density at radius 2 is 1.87 bits per heavy atom. The number of carbonyl (C=O) groups is 2. The van der Waals surface area contributed by atoms with E-state index < -0.39 is 5.97 Å². The fraction of sp³-hybridized carbons (Fsp3) is 0.391. The quantitative estimate of drug-likeness (QED) is 0.423. The topological polar surface area (TPSA) is 87.5 Å². The highest BCUT2D eigenvalue weighted by atomic mass is 32.1. The summed E-state index contributed by atoms with van der Waals surface area (Å²) >= 11 is 1.16. The molecular formula is C23H24N2O5S. The monoisotopic (exact) mass is 440 g/mol. The number of aryl methyl sites for hydroxylation is 1. The molecule has 0 N–H and O–H groups in total. The number of hydrogen-bond donors (Lipinski definition) is 0. The summed E-state index contributed by atoms with van der Waals surface area (Å²) < 4.78 is 12.1. The predicted molar refractivity (Wildman–Crippen MR) is 118 cm³/mol. The molecule has 2 aromatic heterocycles. The van der Waals surface area contributed by atoms with Crippen molar-refractivity contribution in [3.8, 4) is 5.75 Å². The number of benzene rings is 1. The Labute approximate surface area is 183 Å². The lowest BCUT2D eigenvalue weighted by atomic mass is 9.98. The summed E-state index contributed by atoms with van der Waals surface area (Å²) in [6, 6.07) is 6.72. The average molecular weight is 441 g/mol. The molecule has 8 heteroatoms. The van der Waals surface area contributed by atoms with Crippen molar-refractivity contribution < 1.29 is 19.1 Å². The van der Waals surface area contributed by atoms with Gasteiger partial charge in [0, 0.05) is 5.56 Å². The fourth-order valence-electron chi connectivity index (χ4n) is 3.88. The van der Waals surface area contributed by atoms with Crippen molar-refractivity contribution in [2.75, 3.05) is 7.11 Å². The van der Waals surface area contributed by atoms with Crippen molar-refractivity contribution >= 4 is 33.3 Å². The number of hydrogen-bond acceptors (Lipinski definition) is 7. The van der Waals surface area contributed by atoms with Gasteiger partial charge in [-0.05, 0) is 62.4 Å². The summed E-state index contributed by atoms with van der Waals surface area (Å²) in [4.78, 5) is 43.6. The van der Waals surface area contributed by atoms with Gasteiger partial charge in [-0.1, -0.05) is 6.42 Å².